The molecule has 0 spiro atoms. The Kier molecular flexibility index (Phi) is 7.95. The van der Waals surface area contributed by atoms with Gasteiger partial charge in [-0.1, -0.05) is 69.2 Å². The maximum Gasteiger partial charge on any atom is -0.0226 e. The van der Waals surface area contributed by atoms with E-state index < -0.39 is 0 Å². The van der Waals surface area contributed by atoms with Crippen molar-refractivity contribution in [2.45, 2.75) is 0 Å². The van der Waals surface area contributed by atoms with E-state index in [2.05, 4.69) is 60.7 Å². The van der Waals surface area contributed by atoms with Gasteiger partial charge in [0.2, 0.25) is 0 Å². The Morgan fingerprint density at radius 3 is 1.20 bits per heavy atom. The molecule has 15 heavy (non-hydrogen) atoms. The van der Waals surface area contributed by atoms with Crippen LogP contribution in [0.4, 0.5) is 0 Å². The van der Waals surface area contributed by atoms with E-state index >= 15 is 0 Å². The van der Waals surface area contributed by atoms with Crippen molar-refractivity contribution in [3.63, 3.8) is 0 Å². The van der Waals surface area contributed by atoms with Crippen LogP contribution < -0.4 is 10.6 Å². The normalized spacial score (nSPS) is 8.53. The highest BCUT2D eigenvalue weighted by Crippen LogP contribution is 2.08. The quantitative estimate of drug-likeness (QED) is 0.730. The lowest BCUT2D eigenvalue weighted by Gasteiger charge is -2.00. The lowest BCUT2D eigenvalue weighted by molar-refractivity contribution is 1.76. The van der Waals surface area contributed by atoms with E-state index in [1.165, 1.54) is 10.6 Å². The van der Waals surface area contributed by atoms with Crippen molar-refractivity contribution in [1.82, 2.24) is 0 Å². The molecule has 0 saturated carbocycles. The lowest BCUT2D eigenvalue weighted by atomic mass is 10.4. The van der Waals surface area contributed by atoms with Crippen LogP contribution in [0.1, 0.15) is 0 Å². The minimum absolute atomic E-state index is 0. The number of benzene rings is 2. The first kappa shape index (κ1) is 14.8. The molecular formula is C12H13Br2P. The molecule has 3 heteroatoms. The minimum atomic E-state index is 0. The summed E-state index contributed by atoms with van der Waals surface area (Å²) in [5, 5.41) is 2.79. The summed E-state index contributed by atoms with van der Waals surface area (Å²) in [7, 11) is 0.777. The Hall–Kier alpha value is -0.170. The van der Waals surface area contributed by atoms with Gasteiger partial charge in [0.05, 0.1) is 0 Å². The van der Waals surface area contributed by atoms with Gasteiger partial charge in [0, 0.05) is 0 Å². The Labute approximate surface area is 113 Å². The van der Waals surface area contributed by atoms with E-state index in [1.54, 1.807) is 0 Å². The number of halogens is 2. The zero-order chi connectivity index (χ0) is 8.93. The number of hydrogen-bond acceptors (Lipinski definition) is 0. The molecule has 0 fully saturated rings. The average molecular weight is 348 g/mol. The molecule has 2 aromatic rings. The predicted molar refractivity (Wildman–Crippen MR) is 81.1 cm³/mol. The molecule has 0 aromatic heterocycles. The van der Waals surface area contributed by atoms with Crippen molar-refractivity contribution in [3.8, 4) is 0 Å². The fourth-order valence-corrected chi connectivity index (χ4v) is 2.26. The Morgan fingerprint density at radius 1 is 0.533 bits per heavy atom. The highest BCUT2D eigenvalue weighted by Gasteiger charge is 1.92. The molecule has 0 unspecified atom stereocenters. The van der Waals surface area contributed by atoms with Gasteiger partial charge in [-0.25, -0.2) is 0 Å². The van der Waals surface area contributed by atoms with Crippen LogP contribution in [0.2, 0.25) is 0 Å². The van der Waals surface area contributed by atoms with E-state index in [-0.39, 0.29) is 34.0 Å². The highest BCUT2D eigenvalue weighted by atomic mass is 79.9. The molecule has 0 nitrogen and oxygen atoms in total. The van der Waals surface area contributed by atoms with Gasteiger partial charge in [-0.3, -0.25) is 0 Å². The lowest BCUT2D eigenvalue weighted by Crippen LogP contribution is -2.01. The van der Waals surface area contributed by atoms with Crippen LogP contribution in [-0.4, -0.2) is 0 Å². The number of hydrogen-bond donors (Lipinski definition) is 0. The van der Waals surface area contributed by atoms with E-state index in [0.29, 0.717) is 0 Å². The third-order valence-corrected chi connectivity index (χ3v) is 3.08. The summed E-state index contributed by atoms with van der Waals surface area (Å²) in [6.45, 7) is 0. The molecule has 0 aliphatic heterocycles. The molecule has 0 radical (unpaired) electrons. The van der Waals surface area contributed by atoms with Gasteiger partial charge in [-0.15, -0.1) is 34.0 Å². The topological polar surface area (TPSA) is 0 Å². The summed E-state index contributed by atoms with van der Waals surface area (Å²) < 4.78 is 0. The number of rotatable bonds is 2. The fraction of sp³-hybridized carbons (Fsp3) is 0. The SMILES string of the molecule is Br.Br.c1ccc(Pc2ccccc2)cc1. The van der Waals surface area contributed by atoms with Crippen LogP contribution in [0, 0.1) is 0 Å². The molecule has 80 valence electrons. The molecule has 2 rings (SSSR count). The molecule has 0 aliphatic carbocycles. The summed E-state index contributed by atoms with van der Waals surface area (Å²) in [6.07, 6.45) is 0. The zero-order valence-electron chi connectivity index (χ0n) is 8.09. The smallest absolute Gasteiger partial charge is 0.0226 e. The monoisotopic (exact) mass is 346 g/mol. The van der Waals surface area contributed by atoms with Crippen molar-refractivity contribution in [2.24, 2.45) is 0 Å². The molecule has 0 heterocycles. The molecule has 0 aliphatic rings. The van der Waals surface area contributed by atoms with Crippen molar-refractivity contribution >= 4 is 53.2 Å². The molecule has 2 aromatic carbocycles. The summed E-state index contributed by atoms with van der Waals surface area (Å²) in [4.78, 5) is 0. The van der Waals surface area contributed by atoms with Crippen LogP contribution in [0.3, 0.4) is 0 Å². The third kappa shape index (κ3) is 4.92. The van der Waals surface area contributed by atoms with Crippen molar-refractivity contribution in [3.05, 3.63) is 60.7 Å². The van der Waals surface area contributed by atoms with Gasteiger partial charge >= 0.3 is 0 Å². The summed E-state index contributed by atoms with van der Waals surface area (Å²) in [6, 6.07) is 21.2. The van der Waals surface area contributed by atoms with Gasteiger partial charge in [-0.05, 0) is 10.6 Å². The van der Waals surface area contributed by atoms with Crippen LogP contribution in [0.5, 0.6) is 0 Å². The standard InChI is InChI=1S/C12H11P.2BrH/c1-3-7-11(8-4-1)13-12-9-5-2-6-10-12;;/h1-10,13H;2*1H. The molecule has 0 amide bonds. The fourth-order valence-electron chi connectivity index (χ4n) is 1.21. The summed E-state index contributed by atoms with van der Waals surface area (Å²) in [5.74, 6) is 0. The second kappa shape index (κ2) is 8.04. The molecule has 0 saturated heterocycles. The van der Waals surface area contributed by atoms with Gasteiger partial charge < -0.3 is 0 Å². The molecule has 0 bridgehead atoms. The Morgan fingerprint density at radius 2 is 0.867 bits per heavy atom. The third-order valence-electron chi connectivity index (χ3n) is 1.84. The van der Waals surface area contributed by atoms with Crippen LogP contribution >= 0.6 is 42.5 Å². The molecule has 0 atom stereocenters. The summed E-state index contributed by atoms with van der Waals surface area (Å²) in [5.41, 5.74) is 0. The maximum atomic E-state index is 2.17. The van der Waals surface area contributed by atoms with E-state index in [4.69, 9.17) is 0 Å². The second-order valence-corrected chi connectivity index (χ2v) is 4.26. The van der Waals surface area contributed by atoms with Crippen molar-refractivity contribution in [2.75, 3.05) is 0 Å². The van der Waals surface area contributed by atoms with Gasteiger partial charge in [0.1, 0.15) is 0 Å². The van der Waals surface area contributed by atoms with Crippen molar-refractivity contribution < 1.29 is 0 Å². The van der Waals surface area contributed by atoms with Crippen LogP contribution in [0.15, 0.2) is 60.7 Å². The average Bonchev–Trinajstić information content (AvgIpc) is 2.21. The van der Waals surface area contributed by atoms with Crippen molar-refractivity contribution in [1.29, 1.82) is 0 Å². The molecule has 0 N–H and O–H groups in total. The van der Waals surface area contributed by atoms with Crippen LogP contribution in [-0.2, 0) is 0 Å². The Bertz CT molecular complexity index is 324. The largest absolute Gasteiger partial charge is 0.114 e. The Balaban J connectivity index is 0.000000980. The van der Waals surface area contributed by atoms with Crippen LogP contribution in [0.25, 0.3) is 0 Å². The van der Waals surface area contributed by atoms with Gasteiger partial charge in [0.15, 0.2) is 0 Å². The van der Waals surface area contributed by atoms with E-state index in [0.717, 1.165) is 8.58 Å². The minimum Gasteiger partial charge on any atom is -0.114 e. The first-order chi connectivity index (χ1) is 6.45. The van der Waals surface area contributed by atoms with E-state index in [9.17, 15) is 0 Å². The highest BCUT2D eigenvalue weighted by molar-refractivity contribution is 8.93. The zero-order valence-corrected chi connectivity index (χ0v) is 12.5. The predicted octanol–water partition coefficient (Wildman–Crippen LogP) is 3.47. The van der Waals surface area contributed by atoms with E-state index in [1.807, 2.05) is 0 Å². The molecular weight excluding hydrogens is 335 g/mol. The maximum absolute atomic E-state index is 2.17. The second-order valence-electron chi connectivity index (χ2n) is 2.86. The summed E-state index contributed by atoms with van der Waals surface area (Å²) >= 11 is 0. The first-order valence-electron chi connectivity index (χ1n) is 4.32. The van der Waals surface area contributed by atoms with Gasteiger partial charge in [0.25, 0.3) is 0 Å². The first-order valence-corrected chi connectivity index (χ1v) is 5.32. The van der Waals surface area contributed by atoms with Gasteiger partial charge in [-0.2, -0.15) is 0 Å².